The van der Waals surface area contributed by atoms with Crippen LogP contribution in [0.1, 0.15) is 18.1 Å². The molecule has 0 bridgehead atoms. The van der Waals surface area contributed by atoms with Crippen LogP contribution < -0.4 is 10.3 Å². The topological polar surface area (TPSA) is 40.0 Å². The Morgan fingerprint density at radius 3 is 2.58 bits per heavy atom. The molecular formula is C23H21N2O+. The molecule has 4 aromatic rings. The second-order valence-electron chi connectivity index (χ2n) is 6.29. The van der Waals surface area contributed by atoms with Crippen LogP contribution in [-0.2, 0) is 13.0 Å². The molecule has 0 amide bonds. The zero-order valence-electron chi connectivity index (χ0n) is 14.8. The zero-order chi connectivity index (χ0) is 17.8. The van der Waals surface area contributed by atoms with Crippen LogP contribution in [0.3, 0.4) is 0 Å². The number of nitrogens with zero attached hydrogens (tertiary/aromatic N) is 1. The van der Waals surface area contributed by atoms with E-state index in [1.54, 1.807) is 6.20 Å². The molecule has 128 valence electrons. The summed E-state index contributed by atoms with van der Waals surface area (Å²) < 4.78 is 6.19. The average molecular weight is 341 g/mol. The molecule has 4 rings (SSSR count). The van der Waals surface area contributed by atoms with Crippen molar-refractivity contribution in [3.8, 4) is 11.3 Å². The van der Waals surface area contributed by atoms with Gasteiger partial charge in [0.15, 0.2) is 6.54 Å². The quantitative estimate of drug-likeness (QED) is 0.619. The fourth-order valence-corrected chi connectivity index (χ4v) is 3.04. The summed E-state index contributed by atoms with van der Waals surface area (Å²) in [5.74, 6) is 0.857. The number of hydrogen-bond acceptors (Lipinski definition) is 2. The molecule has 3 heteroatoms. The van der Waals surface area contributed by atoms with Crippen molar-refractivity contribution in [1.29, 1.82) is 0 Å². The number of aromatic nitrogens is 1. The molecule has 0 fully saturated rings. The molecule has 26 heavy (non-hydrogen) atoms. The van der Waals surface area contributed by atoms with E-state index in [1.807, 2.05) is 30.5 Å². The summed E-state index contributed by atoms with van der Waals surface area (Å²) in [5.41, 5.74) is 4.40. The minimum atomic E-state index is 0.720. The molecule has 0 saturated carbocycles. The van der Waals surface area contributed by atoms with Gasteiger partial charge in [0.1, 0.15) is 11.3 Å². The lowest BCUT2D eigenvalue weighted by atomic mass is 10.1. The standard InChI is InChI=1S/C23H20N2O/c1-2-17-10-11-22-20(13-17)21(25-16-18-7-6-12-24-15-18)14-23(26-22)19-8-4-3-5-9-19/h3-15H,2,16H2,1H3/p+1. The lowest BCUT2D eigenvalue weighted by Crippen LogP contribution is -2.75. The third-order valence-corrected chi connectivity index (χ3v) is 4.50. The number of fused-ring (bicyclic) bond motifs is 1. The average Bonchev–Trinajstić information content (AvgIpc) is 2.73. The molecule has 0 saturated heterocycles. The number of hydrogen-bond donors (Lipinski definition) is 1. The van der Waals surface area contributed by atoms with Crippen molar-refractivity contribution in [2.75, 3.05) is 0 Å². The van der Waals surface area contributed by atoms with Crippen LogP contribution in [0.2, 0.25) is 0 Å². The molecule has 0 aliphatic carbocycles. The Bertz CT molecular complexity index is 1080. The summed E-state index contributed by atoms with van der Waals surface area (Å²) in [6.07, 6.45) is 4.68. The number of rotatable bonds is 4. The monoisotopic (exact) mass is 341 g/mol. The van der Waals surface area contributed by atoms with Crippen LogP contribution in [0, 0.1) is 0 Å². The minimum Gasteiger partial charge on any atom is -0.456 e. The summed E-state index contributed by atoms with van der Waals surface area (Å²) in [6, 6.07) is 22.7. The molecule has 0 aliphatic heterocycles. The Morgan fingerprint density at radius 2 is 1.81 bits per heavy atom. The maximum atomic E-state index is 6.19. The number of pyridine rings is 1. The first-order valence-electron chi connectivity index (χ1n) is 8.91. The van der Waals surface area contributed by atoms with Gasteiger partial charge in [-0.1, -0.05) is 43.3 Å². The summed E-state index contributed by atoms with van der Waals surface area (Å²) in [5, 5.41) is 2.18. The molecule has 1 N–H and O–H groups in total. The van der Waals surface area contributed by atoms with E-state index in [9.17, 15) is 0 Å². The summed E-state index contributed by atoms with van der Waals surface area (Å²) >= 11 is 0. The van der Waals surface area contributed by atoms with E-state index in [1.165, 1.54) is 5.56 Å². The van der Waals surface area contributed by atoms with Crippen LogP contribution in [-0.4, -0.2) is 4.98 Å². The highest BCUT2D eigenvalue weighted by Crippen LogP contribution is 2.22. The van der Waals surface area contributed by atoms with E-state index in [0.717, 1.165) is 46.2 Å². The fourth-order valence-electron chi connectivity index (χ4n) is 3.04. The van der Waals surface area contributed by atoms with Gasteiger partial charge in [0.05, 0.1) is 11.5 Å². The maximum Gasteiger partial charge on any atom is 0.213 e. The Hall–Kier alpha value is -3.20. The summed E-state index contributed by atoms with van der Waals surface area (Å²) in [7, 11) is 0. The molecule has 2 aromatic heterocycles. The highest BCUT2D eigenvalue weighted by atomic mass is 16.3. The molecule has 3 nitrogen and oxygen atoms in total. The molecule has 0 aliphatic rings. The third kappa shape index (κ3) is 3.42. The van der Waals surface area contributed by atoms with Gasteiger partial charge in [-0.05, 0) is 36.2 Å². The van der Waals surface area contributed by atoms with Gasteiger partial charge in [-0.2, -0.15) is 0 Å². The van der Waals surface area contributed by atoms with E-state index in [4.69, 9.17) is 4.42 Å². The van der Waals surface area contributed by atoms with Crippen LogP contribution >= 0.6 is 0 Å². The van der Waals surface area contributed by atoms with Gasteiger partial charge in [0, 0.05) is 23.5 Å². The zero-order valence-corrected chi connectivity index (χ0v) is 14.8. The molecule has 0 atom stereocenters. The predicted molar refractivity (Wildman–Crippen MR) is 103 cm³/mol. The SMILES string of the molecule is CCc1ccc2oc(-c3ccccc3)cc(=[NH+]Cc3cccnc3)c2c1. The lowest BCUT2D eigenvalue weighted by Gasteiger charge is -2.04. The second kappa shape index (κ2) is 7.36. The van der Waals surface area contributed by atoms with Crippen molar-refractivity contribution >= 4 is 11.0 Å². The maximum absolute atomic E-state index is 6.19. The number of benzene rings is 2. The van der Waals surface area contributed by atoms with E-state index >= 15 is 0 Å². The van der Waals surface area contributed by atoms with Crippen molar-refractivity contribution in [2.24, 2.45) is 0 Å². The third-order valence-electron chi connectivity index (χ3n) is 4.50. The molecule has 2 heterocycles. The Kier molecular flexibility index (Phi) is 4.61. The molecule has 0 spiro atoms. The van der Waals surface area contributed by atoms with Crippen molar-refractivity contribution in [3.05, 3.63) is 95.6 Å². The normalized spacial score (nSPS) is 11.8. The van der Waals surface area contributed by atoms with Gasteiger partial charge in [-0.15, -0.1) is 0 Å². The Morgan fingerprint density at radius 1 is 0.923 bits per heavy atom. The van der Waals surface area contributed by atoms with E-state index in [2.05, 4.69) is 59.4 Å². The van der Waals surface area contributed by atoms with Crippen molar-refractivity contribution in [1.82, 2.24) is 4.98 Å². The van der Waals surface area contributed by atoms with Gasteiger partial charge in [-0.25, -0.2) is 4.99 Å². The smallest absolute Gasteiger partial charge is 0.213 e. The molecule has 2 aromatic carbocycles. The highest BCUT2D eigenvalue weighted by molar-refractivity contribution is 5.78. The second-order valence-corrected chi connectivity index (χ2v) is 6.29. The first-order valence-corrected chi connectivity index (χ1v) is 8.91. The number of aryl methyl sites for hydroxylation is 1. The van der Waals surface area contributed by atoms with Gasteiger partial charge in [-0.3, -0.25) is 4.98 Å². The summed E-state index contributed by atoms with van der Waals surface area (Å²) in [6.45, 7) is 2.89. The van der Waals surface area contributed by atoms with Crippen LogP contribution in [0.4, 0.5) is 0 Å². The molecular weight excluding hydrogens is 320 g/mol. The lowest BCUT2D eigenvalue weighted by molar-refractivity contribution is -0.516. The first-order chi connectivity index (χ1) is 12.8. The van der Waals surface area contributed by atoms with Crippen LogP contribution in [0.15, 0.2) is 83.5 Å². The van der Waals surface area contributed by atoms with Crippen LogP contribution in [0.25, 0.3) is 22.3 Å². The van der Waals surface area contributed by atoms with E-state index in [-0.39, 0.29) is 0 Å². The van der Waals surface area contributed by atoms with Gasteiger partial charge in [0.2, 0.25) is 5.36 Å². The van der Waals surface area contributed by atoms with Crippen molar-refractivity contribution in [2.45, 2.75) is 19.9 Å². The largest absolute Gasteiger partial charge is 0.456 e. The van der Waals surface area contributed by atoms with Crippen molar-refractivity contribution < 1.29 is 9.41 Å². The molecule has 0 unspecified atom stereocenters. The fraction of sp³-hybridized carbons (Fsp3) is 0.130. The van der Waals surface area contributed by atoms with Gasteiger partial charge >= 0.3 is 0 Å². The first kappa shape index (κ1) is 16.3. The van der Waals surface area contributed by atoms with E-state index in [0.29, 0.717) is 0 Å². The Labute approximate surface area is 152 Å². The summed E-state index contributed by atoms with van der Waals surface area (Å²) in [4.78, 5) is 7.76. The predicted octanol–water partition coefficient (Wildman–Crippen LogP) is 3.24. The molecule has 0 radical (unpaired) electrons. The number of nitrogens with one attached hydrogen (secondary N) is 1. The Balaban J connectivity index is 1.89. The minimum absolute atomic E-state index is 0.720. The van der Waals surface area contributed by atoms with Crippen LogP contribution in [0.5, 0.6) is 0 Å². The van der Waals surface area contributed by atoms with Gasteiger partial charge in [0.25, 0.3) is 0 Å². The highest BCUT2D eigenvalue weighted by Gasteiger charge is 2.09. The van der Waals surface area contributed by atoms with Crippen molar-refractivity contribution in [3.63, 3.8) is 0 Å². The van der Waals surface area contributed by atoms with Gasteiger partial charge < -0.3 is 4.42 Å². The van der Waals surface area contributed by atoms with E-state index < -0.39 is 0 Å².